The van der Waals surface area contributed by atoms with Gasteiger partial charge in [-0.15, -0.1) is 0 Å². The molecule has 0 aromatic heterocycles. The number of amides is 4. The largest absolute Gasteiger partial charge is 0.356 e. The van der Waals surface area contributed by atoms with Crippen LogP contribution in [0.2, 0.25) is 5.02 Å². The van der Waals surface area contributed by atoms with E-state index in [9.17, 15) is 32.8 Å². The lowest BCUT2D eigenvalue weighted by molar-refractivity contribution is -0.139. The Morgan fingerprint density at radius 3 is 2.53 bits per heavy atom. The number of likely N-dealkylation sites (N-methyl/N-ethyl adjacent to an activating group) is 1. The molecule has 1 aliphatic carbocycles. The van der Waals surface area contributed by atoms with Crippen molar-refractivity contribution in [3.8, 4) is 0 Å². The number of hydrogen-bond acceptors (Lipinski definition) is 5. The first kappa shape index (κ1) is 23.6. The van der Waals surface area contributed by atoms with Crippen molar-refractivity contribution in [3.05, 3.63) is 28.8 Å². The van der Waals surface area contributed by atoms with Crippen LogP contribution in [0, 0.1) is 11.8 Å². The highest BCUT2D eigenvalue weighted by molar-refractivity contribution is 6.38. The number of halogens is 3. The Hall–Kier alpha value is -3.08. The van der Waals surface area contributed by atoms with Gasteiger partial charge in [0.25, 0.3) is 17.7 Å². The molecule has 0 bridgehead atoms. The normalized spacial score (nSPS) is 21.8. The quantitative estimate of drug-likeness (QED) is 0.418. The van der Waals surface area contributed by atoms with Gasteiger partial charge < -0.3 is 21.3 Å². The monoisotopic (exact) mass is 470 g/mol. The molecule has 1 aromatic carbocycles. The second-order valence-electron chi connectivity index (χ2n) is 7.68. The van der Waals surface area contributed by atoms with E-state index in [1.165, 1.54) is 25.2 Å². The fourth-order valence-electron chi connectivity index (χ4n) is 3.43. The first-order valence-corrected chi connectivity index (χ1v) is 10.2. The summed E-state index contributed by atoms with van der Waals surface area (Å²) in [4.78, 5) is 61.3. The summed E-state index contributed by atoms with van der Waals surface area (Å²) in [5.74, 6) is -9.18. The Balaban J connectivity index is 1.81. The van der Waals surface area contributed by atoms with Crippen LogP contribution in [0.25, 0.3) is 0 Å². The SMILES string of the molecule is CNC(=O)C(=O)[C@H](C[C@@H]1CCNC1=O)NC(=O)c1cc(Cl)ccc1NC(=O)[C@H]1CC1(F)F. The van der Waals surface area contributed by atoms with Crippen molar-refractivity contribution in [3.63, 3.8) is 0 Å². The van der Waals surface area contributed by atoms with Crippen LogP contribution < -0.4 is 21.3 Å². The van der Waals surface area contributed by atoms with E-state index in [0.717, 1.165) is 0 Å². The number of alkyl halides is 2. The van der Waals surface area contributed by atoms with Gasteiger partial charge in [-0.1, -0.05) is 11.6 Å². The zero-order chi connectivity index (χ0) is 23.6. The third kappa shape index (κ3) is 5.21. The van der Waals surface area contributed by atoms with Crippen LogP contribution in [0.1, 0.15) is 29.6 Å². The summed E-state index contributed by atoms with van der Waals surface area (Å²) in [6.45, 7) is 0.411. The summed E-state index contributed by atoms with van der Waals surface area (Å²) in [5.41, 5.74) is -0.259. The summed E-state index contributed by atoms with van der Waals surface area (Å²) in [6, 6.07) is 2.50. The van der Waals surface area contributed by atoms with Crippen molar-refractivity contribution in [2.24, 2.45) is 11.8 Å². The second kappa shape index (κ2) is 9.19. The molecule has 32 heavy (non-hydrogen) atoms. The third-order valence-corrected chi connectivity index (χ3v) is 5.62. The van der Waals surface area contributed by atoms with Gasteiger partial charge in [-0.3, -0.25) is 24.0 Å². The van der Waals surface area contributed by atoms with Crippen LogP contribution in [0.5, 0.6) is 0 Å². The van der Waals surface area contributed by atoms with E-state index in [1.807, 2.05) is 0 Å². The highest BCUT2D eigenvalue weighted by atomic mass is 35.5. The molecular formula is C20H21ClF2N4O5. The van der Waals surface area contributed by atoms with Crippen molar-refractivity contribution in [2.75, 3.05) is 18.9 Å². The molecule has 0 spiro atoms. The van der Waals surface area contributed by atoms with Crippen LogP contribution in [0.15, 0.2) is 18.2 Å². The summed E-state index contributed by atoms with van der Waals surface area (Å²) >= 11 is 5.95. The van der Waals surface area contributed by atoms with Gasteiger partial charge >= 0.3 is 0 Å². The molecule has 3 rings (SSSR count). The van der Waals surface area contributed by atoms with Crippen LogP contribution >= 0.6 is 11.6 Å². The first-order valence-electron chi connectivity index (χ1n) is 9.86. The predicted molar refractivity (Wildman–Crippen MR) is 109 cm³/mol. The number of nitrogens with one attached hydrogen (secondary N) is 4. The second-order valence-corrected chi connectivity index (χ2v) is 8.12. The van der Waals surface area contributed by atoms with Gasteiger partial charge in [0.2, 0.25) is 17.6 Å². The fraction of sp³-hybridized carbons (Fsp3) is 0.450. The first-order chi connectivity index (χ1) is 15.0. The molecule has 1 saturated carbocycles. The van der Waals surface area contributed by atoms with E-state index >= 15 is 0 Å². The Morgan fingerprint density at radius 1 is 1.28 bits per heavy atom. The summed E-state index contributed by atoms with van der Waals surface area (Å²) in [7, 11) is 1.25. The van der Waals surface area contributed by atoms with Gasteiger partial charge in [0.1, 0.15) is 5.92 Å². The Morgan fingerprint density at radius 2 is 1.97 bits per heavy atom. The standard InChI is InChI=1S/C20H21ClF2N4O5/c1-24-19(32)15(28)14(6-9-4-5-25-16(9)29)27-17(30)11-7-10(21)2-3-13(11)26-18(31)12-8-20(12,22)23/h2-3,7,9,12,14H,4-6,8H2,1H3,(H,24,32)(H,25,29)(H,26,31)(H,27,30)/t9-,12+,14-/m0/s1. The molecule has 12 heteroatoms. The van der Waals surface area contributed by atoms with Crippen LogP contribution in [0.4, 0.5) is 14.5 Å². The van der Waals surface area contributed by atoms with Crippen molar-refractivity contribution >= 4 is 46.7 Å². The van der Waals surface area contributed by atoms with Gasteiger partial charge in [0.15, 0.2) is 0 Å². The molecule has 0 unspecified atom stereocenters. The minimum Gasteiger partial charge on any atom is -0.356 e. The van der Waals surface area contributed by atoms with Gasteiger partial charge in [0, 0.05) is 31.0 Å². The highest BCUT2D eigenvalue weighted by Gasteiger charge is 2.61. The van der Waals surface area contributed by atoms with Crippen LogP contribution in [-0.4, -0.2) is 55.0 Å². The minimum absolute atomic E-state index is 0.0793. The van der Waals surface area contributed by atoms with E-state index in [1.54, 1.807) is 0 Å². The van der Waals surface area contributed by atoms with Crippen LogP contribution in [0.3, 0.4) is 0 Å². The number of anilines is 1. The average Bonchev–Trinajstić information content (AvgIpc) is 3.21. The molecule has 1 aromatic rings. The maximum atomic E-state index is 13.2. The van der Waals surface area contributed by atoms with E-state index in [2.05, 4.69) is 21.3 Å². The van der Waals surface area contributed by atoms with Gasteiger partial charge in [-0.25, -0.2) is 8.78 Å². The molecule has 172 valence electrons. The molecule has 2 aliphatic rings. The molecular weight excluding hydrogens is 450 g/mol. The third-order valence-electron chi connectivity index (χ3n) is 5.38. The molecule has 1 aliphatic heterocycles. The summed E-state index contributed by atoms with van der Waals surface area (Å²) in [5, 5.41) is 9.61. The fourth-order valence-corrected chi connectivity index (χ4v) is 3.61. The zero-order valence-corrected chi connectivity index (χ0v) is 17.7. The molecule has 4 amide bonds. The van der Waals surface area contributed by atoms with Crippen molar-refractivity contribution in [1.82, 2.24) is 16.0 Å². The van der Waals surface area contributed by atoms with Crippen molar-refractivity contribution in [1.29, 1.82) is 0 Å². The molecule has 4 N–H and O–H groups in total. The van der Waals surface area contributed by atoms with Gasteiger partial charge in [-0.05, 0) is 31.0 Å². The Labute approximate surface area is 186 Å². The maximum Gasteiger partial charge on any atom is 0.289 e. The number of carbonyl (C=O) groups is 5. The van der Waals surface area contributed by atoms with E-state index in [0.29, 0.717) is 13.0 Å². The lowest BCUT2D eigenvalue weighted by Crippen LogP contribution is -2.48. The minimum atomic E-state index is -3.09. The molecule has 9 nitrogen and oxygen atoms in total. The van der Waals surface area contributed by atoms with Crippen LogP contribution in [-0.2, 0) is 19.2 Å². The van der Waals surface area contributed by atoms with Crippen molar-refractivity contribution in [2.45, 2.75) is 31.2 Å². The number of rotatable bonds is 8. The summed E-state index contributed by atoms with van der Waals surface area (Å²) in [6.07, 6.45) is -0.263. The van der Waals surface area contributed by atoms with Gasteiger partial charge in [0.05, 0.1) is 17.3 Å². The van der Waals surface area contributed by atoms with E-state index in [-0.39, 0.29) is 28.6 Å². The number of benzene rings is 1. The smallest absolute Gasteiger partial charge is 0.289 e. The maximum absolute atomic E-state index is 13.2. The molecule has 1 heterocycles. The number of hydrogen-bond donors (Lipinski definition) is 4. The number of carbonyl (C=O) groups excluding carboxylic acids is 5. The average molecular weight is 471 g/mol. The van der Waals surface area contributed by atoms with Gasteiger partial charge in [-0.2, -0.15) is 0 Å². The lowest BCUT2D eigenvalue weighted by Gasteiger charge is -2.20. The lowest BCUT2D eigenvalue weighted by atomic mass is 9.95. The number of Topliss-reactive ketones (excluding diaryl/α,β-unsaturated/α-hetero) is 1. The van der Waals surface area contributed by atoms with E-state index in [4.69, 9.17) is 11.6 Å². The predicted octanol–water partition coefficient (Wildman–Crippen LogP) is 0.873. The molecule has 2 fully saturated rings. The molecule has 0 radical (unpaired) electrons. The summed E-state index contributed by atoms with van der Waals surface area (Å²) < 4.78 is 26.4. The zero-order valence-electron chi connectivity index (χ0n) is 17.0. The highest BCUT2D eigenvalue weighted by Crippen LogP contribution is 2.49. The topological polar surface area (TPSA) is 133 Å². The van der Waals surface area contributed by atoms with Crippen molar-refractivity contribution < 1.29 is 32.8 Å². The molecule has 1 saturated heterocycles. The van der Waals surface area contributed by atoms with E-state index < -0.39 is 53.7 Å². The Bertz CT molecular complexity index is 987. The Kier molecular flexibility index (Phi) is 6.77. The number of ketones is 1. The molecule has 3 atom stereocenters.